The number of nitrogens with zero attached hydrogens (tertiary/aromatic N) is 3. The van der Waals surface area contributed by atoms with E-state index in [1.807, 2.05) is 20.8 Å². The van der Waals surface area contributed by atoms with Crippen LogP contribution in [0.5, 0.6) is 5.75 Å². The van der Waals surface area contributed by atoms with Crippen LogP contribution in [0.3, 0.4) is 0 Å². The normalized spacial score (nSPS) is 21.0. The van der Waals surface area contributed by atoms with Crippen LogP contribution in [0.2, 0.25) is 0 Å². The zero-order chi connectivity index (χ0) is 26.5. The van der Waals surface area contributed by atoms with Gasteiger partial charge in [-0.2, -0.15) is 9.40 Å². The van der Waals surface area contributed by atoms with Crippen molar-refractivity contribution < 1.29 is 27.4 Å². The summed E-state index contributed by atoms with van der Waals surface area (Å²) in [5, 5.41) is 14.7. The van der Waals surface area contributed by atoms with Crippen molar-refractivity contribution in [3.63, 3.8) is 0 Å². The molecule has 0 spiro atoms. The Balaban J connectivity index is 1.51. The van der Waals surface area contributed by atoms with Crippen LogP contribution in [0.15, 0.2) is 41.3 Å². The van der Waals surface area contributed by atoms with E-state index in [4.69, 9.17) is 4.74 Å². The summed E-state index contributed by atoms with van der Waals surface area (Å²) in [7, 11) is -3.80. The lowest BCUT2D eigenvalue weighted by Gasteiger charge is -2.28. The first-order valence-electron chi connectivity index (χ1n) is 12.8. The molecule has 1 saturated heterocycles. The Morgan fingerprint density at radius 1 is 1.19 bits per heavy atom. The number of carbonyl (C=O) groups is 1. The fourth-order valence-corrected chi connectivity index (χ4v) is 7.18. The highest BCUT2D eigenvalue weighted by atomic mass is 32.2. The predicted octanol–water partition coefficient (Wildman–Crippen LogP) is 4.88. The largest absolute Gasteiger partial charge is 0.491 e. The third-order valence-corrected chi connectivity index (χ3v) is 9.40. The van der Waals surface area contributed by atoms with Gasteiger partial charge >= 0.3 is 5.97 Å². The molecule has 2 heterocycles. The minimum atomic E-state index is -3.80. The molecule has 3 aromatic rings. The molecular formula is C27H32FN3O5S. The van der Waals surface area contributed by atoms with E-state index in [0.717, 1.165) is 19.3 Å². The van der Waals surface area contributed by atoms with Crippen molar-refractivity contribution in [2.45, 2.75) is 81.9 Å². The first kappa shape index (κ1) is 25.7. The molecule has 0 bridgehead atoms. The number of hydrogen-bond acceptors (Lipinski definition) is 5. The smallest absolute Gasteiger partial charge is 0.309 e. The van der Waals surface area contributed by atoms with E-state index in [0.29, 0.717) is 34.3 Å². The second-order valence-corrected chi connectivity index (χ2v) is 12.3. The monoisotopic (exact) mass is 529 g/mol. The van der Waals surface area contributed by atoms with Crippen molar-refractivity contribution in [2.75, 3.05) is 6.54 Å². The van der Waals surface area contributed by atoms with Crippen molar-refractivity contribution >= 4 is 26.9 Å². The van der Waals surface area contributed by atoms with Crippen molar-refractivity contribution in [1.29, 1.82) is 0 Å². The maximum absolute atomic E-state index is 15.1. The van der Waals surface area contributed by atoms with Gasteiger partial charge in [-0.05, 0) is 82.3 Å². The average molecular weight is 530 g/mol. The van der Waals surface area contributed by atoms with E-state index in [1.54, 1.807) is 35.0 Å². The Morgan fingerprint density at radius 2 is 1.89 bits per heavy atom. The summed E-state index contributed by atoms with van der Waals surface area (Å²) in [6.45, 7) is 5.82. The molecule has 198 valence electrons. The van der Waals surface area contributed by atoms with Gasteiger partial charge in [0.05, 0.1) is 34.7 Å². The molecule has 1 aromatic heterocycles. The zero-order valence-corrected chi connectivity index (χ0v) is 22.0. The van der Waals surface area contributed by atoms with E-state index in [9.17, 15) is 18.3 Å². The summed E-state index contributed by atoms with van der Waals surface area (Å²) in [5.41, 5.74) is 1.55. The summed E-state index contributed by atoms with van der Waals surface area (Å²) in [4.78, 5) is 11.7. The molecule has 1 saturated carbocycles. The molecule has 5 rings (SSSR count). The number of aromatic nitrogens is 2. The third-order valence-electron chi connectivity index (χ3n) is 7.41. The van der Waals surface area contributed by atoms with Crippen LogP contribution in [-0.4, -0.2) is 52.3 Å². The first-order chi connectivity index (χ1) is 17.6. The lowest BCUT2D eigenvalue weighted by molar-refractivity contribution is -0.136. The highest BCUT2D eigenvalue weighted by molar-refractivity contribution is 7.89. The maximum atomic E-state index is 15.1. The Labute approximate surface area is 216 Å². The number of benzene rings is 2. The topological polar surface area (TPSA) is 102 Å². The average Bonchev–Trinajstić information content (AvgIpc) is 3.35. The predicted molar refractivity (Wildman–Crippen MR) is 137 cm³/mol. The molecule has 1 N–H and O–H groups in total. The molecule has 2 aliphatic rings. The number of rotatable bonds is 8. The molecule has 2 aromatic carbocycles. The maximum Gasteiger partial charge on any atom is 0.309 e. The number of carboxylic acids is 1. The second kappa shape index (κ2) is 9.72. The van der Waals surface area contributed by atoms with Gasteiger partial charge in [0.15, 0.2) is 0 Å². The number of ether oxygens (including phenoxy) is 1. The lowest BCUT2D eigenvalue weighted by atomic mass is 9.79. The molecule has 0 amide bonds. The standard InChI is InChI=1S/C27H32FN3O5S/c1-16(2)36-20-7-9-21(10-8-20)37(34,35)30-15-19(13-17(30)3)31-27-22(24(29-31)14-25(32)33)11-12-23(28)26(27)18-5-4-6-18/h7-12,16-19H,4-6,13-15H2,1-3H3,(H,32,33)/t17-,19-/m1/s1. The Morgan fingerprint density at radius 3 is 2.49 bits per heavy atom. The minimum Gasteiger partial charge on any atom is -0.491 e. The van der Waals surface area contributed by atoms with Crippen molar-refractivity contribution in [3.8, 4) is 5.75 Å². The highest BCUT2D eigenvalue weighted by Gasteiger charge is 2.40. The fraction of sp³-hybridized carbons (Fsp3) is 0.481. The fourth-order valence-electron chi connectivity index (χ4n) is 5.50. The van der Waals surface area contributed by atoms with Crippen LogP contribution in [-0.2, 0) is 21.2 Å². The van der Waals surface area contributed by atoms with Crippen molar-refractivity contribution in [2.24, 2.45) is 0 Å². The van der Waals surface area contributed by atoms with Gasteiger partial charge in [-0.3, -0.25) is 9.48 Å². The molecular weight excluding hydrogens is 497 g/mol. The molecule has 0 unspecified atom stereocenters. The summed E-state index contributed by atoms with van der Waals surface area (Å²) in [5.74, 6) is -0.683. The van der Waals surface area contributed by atoms with Crippen LogP contribution in [0.1, 0.15) is 69.7 Å². The van der Waals surface area contributed by atoms with E-state index in [1.165, 1.54) is 10.4 Å². The van der Waals surface area contributed by atoms with Crippen LogP contribution in [0.25, 0.3) is 10.9 Å². The number of carboxylic acid groups (broad SMARTS) is 1. The summed E-state index contributed by atoms with van der Waals surface area (Å²) < 4.78 is 51.1. The van der Waals surface area contributed by atoms with Gasteiger partial charge in [-0.25, -0.2) is 12.8 Å². The SMILES string of the molecule is CC(C)Oc1ccc(S(=O)(=O)N2C[C@H](n3nc(CC(=O)O)c4ccc(F)c(C5CCC5)c43)C[C@H]2C)cc1. The van der Waals surface area contributed by atoms with Gasteiger partial charge in [0, 0.05) is 23.5 Å². The number of fused-ring (bicyclic) bond motifs is 1. The molecule has 2 fully saturated rings. The molecule has 8 nitrogen and oxygen atoms in total. The van der Waals surface area contributed by atoms with Crippen LogP contribution in [0, 0.1) is 5.82 Å². The number of hydrogen-bond donors (Lipinski definition) is 1. The number of sulfonamides is 1. The quantitative estimate of drug-likeness (QED) is 0.446. The first-order valence-corrected chi connectivity index (χ1v) is 14.2. The van der Waals surface area contributed by atoms with Gasteiger partial charge in [-0.1, -0.05) is 6.42 Å². The van der Waals surface area contributed by atoms with Gasteiger partial charge in [0.1, 0.15) is 11.6 Å². The van der Waals surface area contributed by atoms with Gasteiger partial charge in [0.25, 0.3) is 0 Å². The Hall–Kier alpha value is -2.98. The van der Waals surface area contributed by atoms with Crippen molar-refractivity contribution in [3.05, 3.63) is 53.5 Å². The van der Waals surface area contributed by atoms with Gasteiger partial charge in [-0.15, -0.1) is 0 Å². The Bertz CT molecular complexity index is 1430. The van der Waals surface area contributed by atoms with Crippen LogP contribution >= 0.6 is 0 Å². The molecule has 1 aliphatic carbocycles. The Kier molecular flexibility index (Phi) is 6.74. The zero-order valence-electron chi connectivity index (χ0n) is 21.2. The summed E-state index contributed by atoms with van der Waals surface area (Å²) >= 11 is 0. The molecule has 2 atom stereocenters. The van der Waals surface area contributed by atoms with E-state index in [2.05, 4.69) is 5.10 Å². The van der Waals surface area contributed by atoms with Crippen molar-refractivity contribution in [1.82, 2.24) is 14.1 Å². The number of halogens is 1. The van der Waals surface area contributed by atoms with E-state index < -0.39 is 16.0 Å². The summed E-state index contributed by atoms with van der Waals surface area (Å²) in [6, 6.07) is 8.73. The van der Waals surface area contributed by atoms with Gasteiger partial charge in [0.2, 0.25) is 10.0 Å². The second-order valence-electron chi connectivity index (χ2n) is 10.4. The van der Waals surface area contributed by atoms with E-state index in [-0.39, 0.29) is 47.8 Å². The third kappa shape index (κ3) is 4.72. The molecule has 0 radical (unpaired) electrons. The highest BCUT2D eigenvalue weighted by Crippen LogP contribution is 2.43. The lowest BCUT2D eigenvalue weighted by Crippen LogP contribution is -2.34. The molecule has 1 aliphatic heterocycles. The number of aliphatic carboxylic acids is 1. The minimum absolute atomic E-state index is 0.0219. The summed E-state index contributed by atoms with van der Waals surface area (Å²) in [6.07, 6.45) is 2.93. The van der Waals surface area contributed by atoms with E-state index >= 15 is 4.39 Å². The van der Waals surface area contributed by atoms with Crippen LogP contribution < -0.4 is 4.74 Å². The van der Waals surface area contributed by atoms with Crippen LogP contribution in [0.4, 0.5) is 4.39 Å². The van der Waals surface area contributed by atoms with Gasteiger partial charge < -0.3 is 9.84 Å². The molecule has 10 heteroatoms. The molecule has 37 heavy (non-hydrogen) atoms.